The molecule has 0 saturated carbocycles. The second-order valence-electron chi connectivity index (χ2n) is 25.5. The Morgan fingerprint density at radius 3 is 0.347 bits per heavy atom. The molecule has 0 spiro atoms. The molecule has 764 valence electrons. The lowest BCUT2D eigenvalue weighted by molar-refractivity contribution is 0.0476. The molecule has 0 bridgehead atoms. The molecule has 50 heteroatoms. The molecular weight excluding hydrogens is 1790 g/mol. The number of hydrogen-bond acceptors (Lipinski definition) is 39. The van der Waals surface area contributed by atoms with Gasteiger partial charge in [-0.1, -0.05) is 0 Å². The number of nitrogens with two attached hydrogens (primary N) is 10. The SMILES string of the molecule is CCO.CCO[Si](CCCN)(OCC)OCC.CCO[Si](CCCN)(OCC)O[Si](CCCN)(OCC)OCC.CCO[Si](CCCN)(OCC)O[Si](CCCN)(OCC)OCC.CCO[Si](O)(CCCN)OCC.CCO[Si](O)(CCCN)OCC.CCO[Si](O)(CCCN)OCC.CCO[Si](O)(CCCN)OCC.CCO[Si](O)(CCCN)OCC.O. The zero-order chi connectivity index (χ0) is 96.0. The summed E-state index contributed by atoms with van der Waals surface area (Å²) in [6.07, 6.45) is 7.79. The summed E-state index contributed by atoms with van der Waals surface area (Å²) in [7, 11) is -28.2. The summed E-state index contributed by atoms with van der Waals surface area (Å²) in [4.78, 5) is 48.9. The van der Waals surface area contributed by atoms with E-state index in [1.807, 2.05) is 145 Å². The van der Waals surface area contributed by atoms with E-state index >= 15 is 0 Å². The second kappa shape index (κ2) is 101. The highest BCUT2D eigenvalue weighted by Crippen LogP contribution is 2.30. The normalized spacial score (nSPS) is 12.0. The molecular formula is C74H198N10O30Si10. The van der Waals surface area contributed by atoms with Crippen molar-refractivity contribution in [2.45, 2.75) is 277 Å². The summed E-state index contributed by atoms with van der Waals surface area (Å²) < 4.78 is 130. The third-order valence-electron chi connectivity index (χ3n) is 15.2. The van der Waals surface area contributed by atoms with Gasteiger partial charge >= 0.3 is 88.0 Å². The highest BCUT2D eigenvalue weighted by molar-refractivity contribution is 6.76. The molecule has 0 aromatic rings. The molecule has 124 heavy (non-hydrogen) atoms. The molecule has 0 aromatic heterocycles. The minimum atomic E-state index is -2.89. The first kappa shape index (κ1) is 145. The molecule has 0 heterocycles. The minimum absolute atomic E-state index is 0. The monoisotopic (exact) mass is 1990 g/mol. The van der Waals surface area contributed by atoms with E-state index in [2.05, 4.69) is 0 Å². The Morgan fingerprint density at radius 1 is 0.161 bits per heavy atom. The summed E-state index contributed by atoms with van der Waals surface area (Å²) in [5, 5.41) is 7.57. The average Bonchev–Trinajstić information content (AvgIpc) is 0.815. The van der Waals surface area contributed by atoms with E-state index in [1.165, 1.54) is 0 Å². The van der Waals surface area contributed by atoms with Crippen molar-refractivity contribution in [3.63, 3.8) is 0 Å². The molecule has 0 aromatic carbocycles. The fourth-order valence-corrected chi connectivity index (χ4v) is 38.0. The standard InChI is InChI=1S/2C14H36N2O5Si2.C9H23NO3Si.5C7H19NO3Si.C2H6O.H2O/c2*1-5-17-22(18-6-2,13-9-11-15)21-23(19-7-3,20-8-4)14-10-12-16;1-4-11-14(12-5-2,13-6-3)9-7-8-10;5*1-3-10-12(9,11-4-2)7-5-6-8;1-2-3;/h2*5-16H2,1-4H3;4-10H2,1-3H3;5*9H,3-8H2,1-2H3;3H,2H2,1H3;1H2. The third kappa shape index (κ3) is 84.3. The average molecular weight is 1990 g/mol. The molecule has 0 fully saturated rings. The lowest BCUT2D eigenvalue weighted by Gasteiger charge is -2.38. The molecule has 0 amide bonds. The first-order valence-corrected chi connectivity index (χ1v) is 65.3. The predicted molar refractivity (Wildman–Crippen MR) is 516 cm³/mol. The molecule has 0 atom stereocenters. The summed E-state index contributed by atoms with van der Waals surface area (Å²) >= 11 is 0. The summed E-state index contributed by atoms with van der Waals surface area (Å²) in [6.45, 7) is 58.6. The molecule has 0 saturated heterocycles. The fraction of sp³-hybridized carbons (Fsp3) is 1.00. The number of aliphatic hydroxyl groups is 1. The van der Waals surface area contributed by atoms with E-state index in [0.29, 0.717) is 259 Å². The van der Waals surface area contributed by atoms with Gasteiger partial charge in [-0.05, 0) is 282 Å². The molecule has 40 nitrogen and oxygen atoms in total. The quantitative estimate of drug-likeness (QED) is 0.0324. The van der Waals surface area contributed by atoms with Gasteiger partial charge in [-0.25, -0.2) is 0 Å². The van der Waals surface area contributed by atoms with Gasteiger partial charge in [0.05, 0.1) is 0 Å². The van der Waals surface area contributed by atoms with Crippen molar-refractivity contribution in [3.8, 4) is 0 Å². The van der Waals surface area contributed by atoms with Gasteiger partial charge in [0.2, 0.25) is 0 Å². The van der Waals surface area contributed by atoms with Crippen LogP contribution in [0.5, 0.6) is 0 Å². The maximum absolute atomic E-state index is 9.78. The van der Waals surface area contributed by atoms with E-state index in [1.54, 1.807) is 6.92 Å². The summed E-state index contributed by atoms with van der Waals surface area (Å²) in [6, 6.07) is 6.30. The van der Waals surface area contributed by atoms with Gasteiger partial charge in [0.25, 0.3) is 0 Å². The molecule has 28 N–H and O–H groups in total. The molecule has 0 aliphatic heterocycles. The third-order valence-corrected chi connectivity index (χ3v) is 45.4. The van der Waals surface area contributed by atoms with Gasteiger partial charge in [-0.2, -0.15) is 0 Å². The Balaban J connectivity index is -0.000000151. The number of hydrogen-bond donors (Lipinski definition) is 16. The van der Waals surface area contributed by atoms with Gasteiger partial charge < -0.3 is 193 Å². The van der Waals surface area contributed by atoms with Gasteiger partial charge in [0, 0.05) is 206 Å². The van der Waals surface area contributed by atoms with Crippen LogP contribution in [0.15, 0.2) is 0 Å². The summed E-state index contributed by atoms with van der Waals surface area (Å²) in [5.41, 5.74) is 54.8. The lowest BCUT2D eigenvalue weighted by Crippen LogP contribution is -2.59. The Hall–Kier alpha value is 0.569. The van der Waals surface area contributed by atoms with Crippen molar-refractivity contribution in [1.29, 1.82) is 0 Å². The maximum atomic E-state index is 9.78. The molecule has 0 aliphatic rings. The highest BCUT2D eigenvalue weighted by atomic mass is 28.5. The number of rotatable bonds is 76. The van der Waals surface area contributed by atoms with E-state index in [4.69, 9.17) is 164 Å². The largest absolute Gasteiger partial charge is 0.500 e. The van der Waals surface area contributed by atoms with Crippen LogP contribution in [0.1, 0.15) is 217 Å². The van der Waals surface area contributed by atoms with Crippen LogP contribution in [-0.2, 0) is 101 Å². The van der Waals surface area contributed by atoms with Gasteiger partial charge in [0.1, 0.15) is 0 Å². The topological polar surface area (TPSA) is 625 Å². The zero-order valence-corrected chi connectivity index (χ0v) is 92.1. The fourth-order valence-electron chi connectivity index (χ4n) is 10.8. The van der Waals surface area contributed by atoms with E-state index < -0.39 is 88.0 Å². The van der Waals surface area contributed by atoms with Crippen molar-refractivity contribution >= 4 is 88.0 Å². The van der Waals surface area contributed by atoms with Crippen LogP contribution in [0.4, 0.5) is 0 Å². The van der Waals surface area contributed by atoms with Crippen molar-refractivity contribution < 1.29 is 136 Å². The summed E-state index contributed by atoms with van der Waals surface area (Å²) in [5.74, 6) is 0. The Kier molecular flexibility index (Phi) is 118. The van der Waals surface area contributed by atoms with Crippen molar-refractivity contribution in [2.75, 3.05) is 211 Å². The zero-order valence-electron chi connectivity index (χ0n) is 82.1. The first-order valence-electron chi connectivity index (χ1n) is 45.8. The van der Waals surface area contributed by atoms with Gasteiger partial charge in [0.15, 0.2) is 0 Å². The Bertz CT molecular complexity index is 1750. The van der Waals surface area contributed by atoms with Crippen LogP contribution >= 0.6 is 0 Å². The second-order valence-corrected chi connectivity index (χ2v) is 52.2. The van der Waals surface area contributed by atoms with Crippen molar-refractivity contribution in [2.24, 2.45) is 57.3 Å². The molecule has 0 rings (SSSR count). The molecule has 0 radical (unpaired) electrons. The van der Waals surface area contributed by atoms with E-state index in [0.717, 1.165) is 70.3 Å². The van der Waals surface area contributed by atoms with Crippen molar-refractivity contribution in [1.82, 2.24) is 0 Å². The number of aliphatic hydroxyl groups excluding tert-OH is 1. The van der Waals surface area contributed by atoms with Crippen LogP contribution in [0.2, 0.25) is 60.4 Å². The molecule has 0 unspecified atom stereocenters. The Morgan fingerprint density at radius 2 is 0.250 bits per heavy atom. The minimum Gasteiger partial charge on any atom is -0.412 e. The predicted octanol–water partition coefficient (Wildman–Crippen LogP) is 5.70. The Labute approximate surface area is 764 Å². The van der Waals surface area contributed by atoms with Crippen LogP contribution in [0.25, 0.3) is 0 Å². The lowest BCUT2D eigenvalue weighted by atomic mass is 10.5. The van der Waals surface area contributed by atoms with Crippen LogP contribution in [0, 0.1) is 0 Å². The van der Waals surface area contributed by atoms with E-state index in [9.17, 15) is 24.0 Å². The van der Waals surface area contributed by atoms with Gasteiger partial charge in [-0.3, -0.25) is 0 Å². The van der Waals surface area contributed by atoms with Crippen LogP contribution in [0.3, 0.4) is 0 Å². The maximum Gasteiger partial charge on any atom is 0.500 e. The molecule has 0 aliphatic carbocycles. The van der Waals surface area contributed by atoms with Crippen LogP contribution in [-0.4, -0.2) is 333 Å². The van der Waals surface area contributed by atoms with E-state index in [-0.39, 0.29) is 12.1 Å². The van der Waals surface area contributed by atoms with Crippen molar-refractivity contribution in [3.05, 3.63) is 0 Å². The van der Waals surface area contributed by atoms with Crippen LogP contribution < -0.4 is 57.3 Å². The highest BCUT2D eigenvalue weighted by Gasteiger charge is 2.55. The van der Waals surface area contributed by atoms with Gasteiger partial charge in [-0.15, -0.1) is 0 Å². The smallest absolute Gasteiger partial charge is 0.412 e. The first-order chi connectivity index (χ1) is 58.7.